The Hall–Kier alpha value is -1.50. The van der Waals surface area contributed by atoms with Gasteiger partial charge in [0.05, 0.1) is 21.3 Å². The molecule has 0 fully saturated rings. The van der Waals surface area contributed by atoms with Crippen molar-refractivity contribution in [3.05, 3.63) is 44.8 Å². The molecule has 0 saturated carbocycles. The summed E-state index contributed by atoms with van der Waals surface area (Å²) in [6.45, 7) is 3.65. The number of aryl methyl sites for hydroxylation is 1. The molecule has 2 aromatic rings. The van der Waals surface area contributed by atoms with Crippen LogP contribution in [0.25, 0.3) is 0 Å². The molecule has 0 amide bonds. The second kappa shape index (κ2) is 6.09. The van der Waals surface area contributed by atoms with Crippen molar-refractivity contribution in [3.63, 3.8) is 0 Å². The molecule has 3 N–H and O–H groups in total. The summed E-state index contributed by atoms with van der Waals surface area (Å²) in [6, 6.07) is 2.78. The Kier molecular flexibility index (Phi) is 4.61. The number of thiocarbonyl (C=S) groups is 1. The Morgan fingerprint density at radius 2 is 1.81 bits per heavy atom. The van der Waals surface area contributed by atoms with Crippen LogP contribution in [0, 0.1) is 19.7 Å². The quantitative estimate of drug-likeness (QED) is 0.652. The summed E-state index contributed by atoms with van der Waals surface area (Å²) < 4.78 is 13.4. The van der Waals surface area contributed by atoms with Crippen LogP contribution in [0.1, 0.15) is 16.8 Å². The molecule has 0 aliphatic heterocycles. The Morgan fingerprint density at radius 3 is 2.33 bits per heavy atom. The van der Waals surface area contributed by atoms with Crippen LogP contribution in [0.4, 0.5) is 15.9 Å². The van der Waals surface area contributed by atoms with Gasteiger partial charge in [-0.25, -0.2) is 4.39 Å². The molecule has 0 unspecified atom stereocenters. The molecule has 21 heavy (non-hydrogen) atoms. The van der Waals surface area contributed by atoms with Gasteiger partial charge in [-0.15, -0.1) is 5.10 Å². The maximum absolute atomic E-state index is 13.4. The largest absolute Gasteiger partial charge is 0.389 e. The molecule has 1 aromatic heterocycles. The monoisotopic (exact) mass is 344 g/mol. The first-order chi connectivity index (χ1) is 9.81. The average Bonchev–Trinajstić information content (AvgIpc) is 2.40. The van der Waals surface area contributed by atoms with Crippen molar-refractivity contribution in [1.82, 2.24) is 10.2 Å². The van der Waals surface area contributed by atoms with Crippen molar-refractivity contribution in [2.24, 2.45) is 5.73 Å². The summed E-state index contributed by atoms with van der Waals surface area (Å²) >= 11 is 16.6. The SMILES string of the molecule is Cc1nnc(Nc2cc(Cl)c(F)c(Cl)c2)c(C(N)=S)c1C. The van der Waals surface area contributed by atoms with E-state index in [4.69, 9.17) is 41.2 Å². The summed E-state index contributed by atoms with van der Waals surface area (Å²) in [5.41, 5.74) is 8.31. The van der Waals surface area contributed by atoms with Gasteiger partial charge in [-0.3, -0.25) is 0 Å². The van der Waals surface area contributed by atoms with Crippen molar-refractivity contribution < 1.29 is 4.39 Å². The van der Waals surface area contributed by atoms with Crippen LogP contribution >= 0.6 is 35.4 Å². The number of halogens is 3. The van der Waals surface area contributed by atoms with Gasteiger partial charge in [-0.2, -0.15) is 5.10 Å². The molecule has 0 aliphatic carbocycles. The Morgan fingerprint density at radius 1 is 1.24 bits per heavy atom. The molecule has 8 heteroatoms. The third-order valence-corrected chi connectivity index (χ3v) is 3.70. The highest BCUT2D eigenvalue weighted by Crippen LogP contribution is 2.30. The van der Waals surface area contributed by atoms with Crippen LogP contribution in [0.3, 0.4) is 0 Å². The molecule has 110 valence electrons. The van der Waals surface area contributed by atoms with E-state index in [0.717, 1.165) is 11.3 Å². The van der Waals surface area contributed by atoms with Crippen molar-refractivity contribution >= 4 is 51.9 Å². The predicted molar refractivity (Wildman–Crippen MR) is 87.1 cm³/mol. The number of benzene rings is 1. The van der Waals surface area contributed by atoms with E-state index in [0.29, 0.717) is 17.1 Å². The highest BCUT2D eigenvalue weighted by Gasteiger charge is 2.15. The smallest absolute Gasteiger partial charge is 0.163 e. The van der Waals surface area contributed by atoms with Gasteiger partial charge in [-0.1, -0.05) is 35.4 Å². The van der Waals surface area contributed by atoms with Crippen LogP contribution in [0.2, 0.25) is 10.0 Å². The molecule has 0 radical (unpaired) electrons. The van der Waals surface area contributed by atoms with Gasteiger partial charge >= 0.3 is 0 Å². The minimum Gasteiger partial charge on any atom is -0.389 e. The Balaban J connectivity index is 2.50. The molecular weight excluding hydrogens is 334 g/mol. The first-order valence-corrected chi connectivity index (χ1v) is 7.03. The second-order valence-corrected chi connectivity index (χ2v) is 5.63. The number of hydrogen-bond acceptors (Lipinski definition) is 4. The zero-order chi connectivity index (χ0) is 15.7. The van der Waals surface area contributed by atoms with Crippen LogP contribution in [-0.4, -0.2) is 15.2 Å². The highest BCUT2D eigenvalue weighted by atomic mass is 35.5. The van der Waals surface area contributed by atoms with E-state index in [1.54, 1.807) is 6.92 Å². The predicted octanol–water partition coefficient (Wildman–Crippen LogP) is 3.92. The van der Waals surface area contributed by atoms with E-state index >= 15 is 0 Å². The minimum absolute atomic E-state index is 0.0985. The normalized spacial score (nSPS) is 10.5. The lowest BCUT2D eigenvalue weighted by Gasteiger charge is -2.13. The summed E-state index contributed by atoms with van der Waals surface area (Å²) in [6.07, 6.45) is 0. The molecule has 0 spiro atoms. The number of hydrogen-bond donors (Lipinski definition) is 2. The van der Waals surface area contributed by atoms with Gasteiger partial charge in [0, 0.05) is 5.69 Å². The van der Waals surface area contributed by atoms with E-state index in [-0.39, 0.29) is 15.0 Å². The Bertz CT molecular complexity index is 713. The van der Waals surface area contributed by atoms with E-state index in [9.17, 15) is 4.39 Å². The van der Waals surface area contributed by atoms with Crippen molar-refractivity contribution in [1.29, 1.82) is 0 Å². The lowest BCUT2D eigenvalue weighted by atomic mass is 10.1. The first kappa shape index (κ1) is 15.9. The van der Waals surface area contributed by atoms with Gasteiger partial charge in [0.2, 0.25) is 0 Å². The van der Waals surface area contributed by atoms with Gasteiger partial charge < -0.3 is 11.1 Å². The summed E-state index contributed by atoms with van der Waals surface area (Å²) in [5, 5.41) is 10.8. The second-order valence-electron chi connectivity index (χ2n) is 4.38. The van der Waals surface area contributed by atoms with Crippen LogP contribution in [0.15, 0.2) is 12.1 Å². The van der Waals surface area contributed by atoms with Gasteiger partial charge in [-0.05, 0) is 31.5 Å². The highest BCUT2D eigenvalue weighted by molar-refractivity contribution is 7.80. The lowest BCUT2D eigenvalue weighted by Crippen LogP contribution is -2.16. The van der Waals surface area contributed by atoms with Crippen LogP contribution in [0.5, 0.6) is 0 Å². The molecule has 0 atom stereocenters. The maximum Gasteiger partial charge on any atom is 0.163 e. The maximum atomic E-state index is 13.4. The summed E-state index contributed by atoms with van der Waals surface area (Å²) in [5.74, 6) is -0.311. The summed E-state index contributed by atoms with van der Waals surface area (Å²) in [7, 11) is 0. The topological polar surface area (TPSA) is 63.8 Å². The number of nitrogens with two attached hydrogens (primary N) is 1. The van der Waals surface area contributed by atoms with Crippen LogP contribution in [-0.2, 0) is 0 Å². The fourth-order valence-corrected chi connectivity index (χ4v) is 2.50. The van der Waals surface area contributed by atoms with Gasteiger partial charge in [0.25, 0.3) is 0 Å². The molecule has 1 aromatic carbocycles. The average molecular weight is 345 g/mol. The molecule has 4 nitrogen and oxygen atoms in total. The number of nitrogens with zero attached hydrogens (tertiary/aromatic N) is 2. The van der Waals surface area contributed by atoms with Crippen molar-refractivity contribution in [2.75, 3.05) is 5.32 Å². The Labute approximate surface area is 136 Å². The van der Waals surface area contributed by atoms with E-state index < -0.39 is 5.82 Å². The zero-order valence-electron chi connectivity index (χ0n) is 11.2. The van der Waals surface area contributed by atoms with E-state index in [1.807, 2.05) is 6.92 Å². The van der Waals surface area contributed by atoms with Crippen molar-refractivity contribution in [2.45, 2.75) is 13.8 Å². The van der Waals surface area contributed by atoms with Gasteiger partial charge in [0.1, 0.15) is 4.99 Å². The molecular formula is C13H11Cl2FN4S. The number of rotatable bonds is 3. The van der Waals surface area contributed by atoms with E-state index in [2.05, 4.69) is 15.5 Å². The molecule has 0 saturated heterocycles. The lowest BCUT2D eigenvalue weighted by molar-refractivity contribution is 0.629. The van der Waals surface area contributed by atoms with Crippen LogP contribution < -0.4 is 11.1 Å². The fourth-order valence-electron chi connectivity index (χ4n) is 1.76. The fraction of sp³-hybridized carbons (Fsp3) is 0.154. The molecule has 0 aliphatic rings. The van der Waals surface area contributed by atoms with E-state index in [1.165, 1.54) is 12.1 Å². The molecule has 0 bridgehead atoms. The third kappa shape index (κ3) is 3.23. The zero-order valence-corrected chi connectivity index (χ0v) is 13.5. The van der Waals surface area contributed by atoms with Crippen molar-refractivity contribution in [3.8, 4) is 0 Å². The number of nitrogens with one attached hydrogen (secondary N) is 1. The third-order valence-electron chi connectivity index (χ3n) is 2.95. The minimum atomic E-state index is -0.676. The molecule has 2 rings (SSSR count). The number of aromatic nitrogens is 2. The number of anilines is 2. The standard InChI is InChI=1S/C13H11Cl2FN4S/c1-5-6(2)19-20-13(10(5)12(17)21)18-7-3-8(14)11(16)9(15)4-7/h3-4H,1-2H3,(H2,17,21)(H,18,20). The van der Waals surface area contributed by atoms with Gasteiger partial charge in [0.15, 0.2) is 11.6 Å². The first-order valence-electron chi connectivity index (χ1n) is 5.86. The molecule has 1 heterocycles. The summed E-state index contributed by atoms with van der Waals surface area (Å²) in [4.78, 5) is 0.187.